The van der Waals surface area contributed by atoms with Crippen LogP contribution in [0.2, 0.25) is 0 Å². The fraction of sp³-hybridized carbons (Fsp3) is 0.361. The second-order valence-electron chi connectivity index (χ2n) is 12.4. The molecule has 2 aliphatic heterocycles. The lowest BCUT2D eigenvalue weighted by Crippen LogP contribution is -2.40. The van der Waals surface area contributed by atoms with Gasteiger partial charge in [0.05, 0.1) is 17.6 Å². The Morgan fingerprint density at radius 1 is 1.04 bits per heavy atom. The summed E-state index contributed by atoms with van der Waals surface area (Å²) in [4.78, 5) is 44.8. The first-order valence-corrected chi connectivity index (χ1v) is 15.4. The molecule has 0 spiro atoms. The molecule has 2 heterocycles. The summed E-state index contributed by atoms with van der Waals surface area (Å²) < 4.78 is 38.6. The highest BCUT2D eigenvalue weighted by atomic mass is 19.1. The van der Waals surface area contributed by atoms with Crippen LogP contribution in [0.5, 0.6) is 0 Å². The van der Waals surface area contributed by atoms with Crippen LogP contribution in [0, 0.1) is 27.7 Å². The molecule has 0 bridgehead atoms. The number of aliphatic imine (C=N–C) groups is 1. The van der Waals surface area contributed by atoms with Crippen molar-refractivity contribution in [3.05, 3.63) is 123 Å². The van der Waals surface area contributed by atoms with E-state index in [0.29, 0.717) is 49.4 Å². The van der Waals surface area contributed by atoms with E-state index in [9.17, 15) is 28.5 Å². The van der Waals surface area contributed by atoms with Crippen molar-refractivity contribution in [3.63, 3.8) is 0 Å². The molecular formula is C36H37F2N3O6. The number of nitrogens with zero attached hydrogens (tertiary/aromatic N) is 3. The SMILES string of the molecule is COC(=O)C1C(C)=NC(C)=C(C(=O)O[C@]2(C)CCN(CCC(c3ccc(F)cc3)c3ccc(F)cc3)C2)[C@H]1c1cccc([N+](=O)[O-])c1. The number of nitro groups is 1. The Morgan fingerprint density at radius 3 is 2.23 bits per heavy atom. The molecule has 1 fully saturated rings. The summed E-state index contributed by atoms with van der Waals surface area (Å²) >= 11 is 0. The maximum absolute atomic E-state index is 14.0. The minimum absolute atomic E-state index is 0.104. The van der Waals surface area contributed by atoms with Crippen LogP contribution in [0.3, 0.4) is 0 Å². The molecule has 0 saturated carbocycles. The van der Waals surface area contributed by atoms with Crippen LogP contribution < -0.4 is 0 Å². The lowest BCUT2D eigenvalue weighted by Gasteiger charge is -2.33. The summed E-state index contributed by atoms with van der Waals surface area (Å²) in [5.74, 6) is -3.92. The van der Waals surface area contributed by atoms with Gasteiger partial charge in [0.25, 0.3) is 5.69 Å². The quantitative estimate of drug-likeness (QED) is 0.137. The minimum atomic E-state index is -0.976. The fourth-order valence-electron chi connectivity index (χ4n) is 6.73. The van der Waals surface area contributed by atoms with Crippen molar-refractivity contribution in [1.29, 1.82) is 0 Å². The van der Waals surface area contributed by atoms with Gasteiger partial charge in [-0.3, -0.25) is 24.8 Å². The van der Waals surface area contributed by atoms with Gasteiger partial charge in [0.1, 0.15) is 23.2 Å². The van der Waals surface area contributed by atoms with Gasteiger partial charge in [-0.1, -0.05) is 36.4 Å². The monoisotopic (exact) mass is 645 g/mol. The van der Waals surface area contributed by atoms with E-state index < -0.39 is 34.3 Å². The normalized spacial score (nSPS) is 21.5. The van der Waals surface area contributed by atoms with Crippen molar-refractivity contribution in [2.45, 2.75) is 51.0 Å². The lowest BCUT2D eigenvalue weighted by atomic mass is 9.75. The van der Waals surface area contributed by atoms with Crippen molar-refractivity contribution in [3.8, 4) is 0 Å². The number of carbonyl (C=O) groups is 2. The Hall–Kier alpha value is -4.77. The first-order chi connectivity index (χ1) is 22.4. The summed E-state index contributed by atoms with van der Waals surface area (Å²) in [7, 11) is 1.24. The highest BCUT2D eigenvalue weighted by Crippen LogP contribution is 2.42. The Morgan fingerprint density at radius 2 is 1.66 bits per heavy atom. The molecule has 0 radical (unpaired) electrons. The standard InChI is InChI=1S/C36H37F2N3O6/c1-22-31(34(42)46-4)33(26-6-5-7-29(20-26)41(44)45)32(23(2)39-22)35(43)47-36(3)17-19-40(21-36)18-16-30(24-8-12-27(37)13-9-24)25-10-14-28(38)15-11-25/h5-15,20,30-31,33H,16-19,21H2,1-4H3/t31?,33-,36+/m0/s1. The van der Waals surface area contributed by atoms with Crippen molar-refractivity contribution < 1.29 is 32.8 Å². The van der Waals surface area contributed by atoms with Gasteiger partial charge in [0.15, 0.2) is 0 Å². The van der Waals surface area contributed by atoms with Gasteiger partial charge in [0, 0.05) is 54.9 Å². The number of nitro benzene ring substituents is 1. The number of likely N-dealkylation sites (tertiary alicyclic amines) is 1. The van der Waals surface area contributed by atoms with E-state index in [0.717, 1.165) is 11.1 Å². The van der Waals surface area contributed by atoms with E-state index in [-0.39, 0.29) is 28.8 Å². The number of hydrogen-bond donors (Lipinski definition) is 0. The van der Waals surface area contributed by atoms with Gasteiger partial charge in [0.2, 0.25) is 0 Å². The summed E-state index contributed by atoms with van der Waals surface area (Å²) in [5, 5.41) is 11.6. The molecule has 47 heavy (non-hydrogen) atoms. The number of methoxy groups -OCH3 is 1. The third kappa shape index (κ3) is 7.46. The molecule has 2 aliphatic rings. The topological polar surface area (TPSA) is 111 Å². The van der Waals surface area contributed by atoms with E-state index in [4.69, 9.17) is 9.47 Å². The number of hydrogen-bond acceptors (Lipinski definition) is 8. The largest absolute Gasteiger partial charge is 0.468 e. The van der Waals surface area contributed by atoms with Gasteiger partial charge in [-0.25, -0.2) is 13.6 Å². The molecular weight excluding hydrogens is 608 g/mol. The summed E-state index contributed by atoms with van der Waals surface area (Å²) in [5.41, 5.74) is 2.13. The van der Waals surface area contributed by atoms with Gasteiger partial charge < -0.3 is 9.47 Å². The molecule has 0 amide bonds. The highest BCUT2D eigenvalue weighted by Gasteiger charge is 2.45. The molecule has 3 aromatic rings. The summed E-state index contributed by atoms with van der Waals surface area (Å²) in [6, 6.07) is 18.5. The average Bonchev–Trinajstić information content (AvgIpc) is 3.41. The molecule has 3 atom stereocenters. The lowest BCUT2D eigenvalue weighted by molar-refractivity contribution is -0.384. The Kier molecular flexibility index (Phi) is 9.95. The number of allylic oxidation sites excluding steroid dienone is 1. The van der Waals surface area contributed by atoms with E-state index in [2.05, 4.69) is 9.89 Å². The van der Waals surface area contributed by atoms with Crippen LogP contribution in [-0.4, -0.2) is 59.8 Å². The third-order valence-corrected chi connectivity index (χ3v) is 9.08. The zero-order chi connectivity index (χ0) is 33.9. The molecule has 5 rings (SSSR count). The number of benzene rings is 3. The predicted molar refractivity (Wildman–Crippen MR) is 172 cm³/mol. The Bertz CT molecular complexity index is 1680. The first kappa shape index (κ1) is 33.6. The summed E-state index contributed by atoms with van der Waals surface area (Å²) in [6.45, 7) is 6.91. The first-order valence-electron chi connectivity index (χ1n) is 15.4. The van der Waals surface area contributed by atoms with E-state index in [1.165, 1.54) is 49.6 Å². The number of ether oxygens (including phenoxy) is 2. The number of rotatable bonds is 10. The number of esters is 2. The molecule has 1 unspecified atom stereocenters. The molecule has 0 aromatic heterocycles. The van der Waals surface area contributed by atoms with Crippen molar-refractivity contribution in [2.24, 2.45) is 10.9 Å². The predicted octanol–water partition coefficient (Wildman–Crippen LogP) is 6.72. The Balaban J connectivity index is 1.35. The molecule has 1 saturated heterocycles. The van der Waals surface area contributed by atoms with Gasteiger partial charge in [-0.15, -0.1) is 0 Å². The van der Waals surface area contributed by atoms with Crippen LogP contribution in [-0.2, 0) is 19.1 Å². The smallest absolute Gasteiger partial charge is 0.337 e. The van der Waals surface area contributed by atoms with Crippen molar-refractivity contribution in [2.75, 3.05) is 26.7 Å². The number of non-ortho nitro benzene ring substituents is 1. The van der Waals surface area contributed by atoms with Gasteiger partial charge in [-0.05, 0) is 74.7 Å². The molecule has 3 aromatic carbocycles. The number of carbonyl (C=O) groups excluding carboxylic acids is 2. The zero-order valence-corrected chi connectivity index (χ0v) is 26.7. The molecule has 9 nitrogen and oxygen atoms in total. The van der Waals surface area contributed by atoms with E-state index in [1.807, 2.05) is 6.92 Å². The maximum atomic E-state index is 14.0. The molecule has 0 N–H and O–H groups in total. The van der Waals surface area contributed by atoms with Crippen LogP contribution in [0.1, 0.15) is 62.1 Å². The van der Waals surface area contributed by atoms with Crippen LogP contribution in [0.25, 0.3) is 0 Å². The minimum Gasteiger partial charge on any atom is -0.468 e. The average molecular weight is 646 g/mol. The zero-order valence-electron chi connectivity index (χ0n) is 26.7. The molecule has 246 valence electrons. The molecule has 11 heteroatoms. The van der Waals surface area contributed by atoms with Crippen LogP contribution >= 0.6 is 0 Å². The van der Waals surface area contributed by atoms with E-state index >= 15 is 0 Å². The van der Waals surface area contributed by atoms with Crippen molar-refractivity contribution >= 4 is 23.3 Å². The summed E-state index contributed by atoms with van der Waals surface area (Å²) in [6.07, 6.45) is 1.21. The third-order valence-electron chi connectivity index (χ3n) is 9.08. The van der Waals surface area contributed by atoms with E-state index in [1.54, 1.807) is 44.2 Å². The van der Waals surface area contributed by atoms with Crippen LogP contribution in [0.15, 0.2) is 89.1 Å². The van der Waals surface area contributed by atoms with Gasteiger partial charge >= 0.3 is 11.9 Å². The highest BCUT2D eigenvalue weighted by molar-refractivity contribution is 6.07. The maximum Gasteiger partial charge on any atom is 0.337 e. The molecule has 0 aliphatic carbocycles. The Labute approximate surface area is 272 Å². The second-order valence-corrected chi connectivity index (χ2v) is 12.4. The van der Waals surface area contributed by atoms with Crippen molar-refractivity contribution in [1.82, 2.24) is 4.90 Å². The van der Waals surface area contributed by atoms with Gasteiger partial charge in [-0.2, -0.15) is 0 Å². The second kappa shape index (κ2) is 13.9. The fourth-order valence-corrected chi connectivity index (χ4v) is 6.73. The number of halogens is 2. The van der Waals surface area contributed by atoms with Crippen LogP contribution in [0.4, 0.5) is 14.5 Å².